The number of sulfone groups is 1. The second kappa shape index (κ2) is 5.76. The van der Waals surface area contributed by atoms with Crippen molar-refractivity contribution in [2.75, 3.05) is 6.26 Å². The Morgan fingerprint density at radius 1 is 1.40 bits per heavy atom. The molecule has 0 saturated carbocycles. The van der Waals surface area contributed by atoms with Crippen molar-refractivity contribution in [3.8, 4) is 0 Å². The van der Waals surface area contributed by atoms with Crippen molar-refractivity contribution < 1.29 is 8.42 Å². The number of nitrogens with zero attached hydrogens (tertiary/aromatic N) is 2. The van der Waals surface area contributed by atoms with Crippen LogP contribution in [0.1, 0.15) is 23.6 Å². The van der Waals surface area contributed by atoms with Crippen molar-refractivity contribution in [3.05, 3.63) is 47.8 Å². The molecule has 0 saturated heterocycles. The third kappa shape index (κ3) is 3.68. The normalized spacial score (nSPS) is 13.3. The average molecular weight is 293 g/mol. The molecular weight excluding hydrogens is 274 g/mol. The summed E-state index contributed by atoms with van der Waals surface area (Å²) in [6.45, 7) is 0. The van der Waals surface area contributed by atoms with Gasteiger partial charge in [-0.3, -0.25) is 4.68 Å². The van der Waals surface area contributed by atoms with Gasteiger partial charge in [0.15, 0.2) is 9.84 Å². The highest BCUT2D eigenvalue weighted by Crippen LogP contribution is 2.20. The Morgan fingerprint density at radius 3 is 2.75 bits per heavy atom. The molecule has 6 heteroatoms. The van der Waals surface area contributed by atoms with E-state index in [0.29, 0.717) is 4.90 Å². The van der Waals surface area contributed by atoms with Crippen molar-refractivity contribution in [2.45, 2.75) is 23.8 Å². The van der Waals surface area contributed by atoms with E-state index >= 15 is 0 Å². The number of rotatable bonds is 5. The molecule has 2 aromatic rings. The second-order valence-electron chi connectivity index (χ2n) is 5.01. The zero-order chi connectivity index (χ0) is 14.8. The number of aromatic nitrogens is 2. The van der Waals surface area contributed by atoms with E-state index in [9.17, 15) is 8.42 Å². The smallest absolute Gasteiger partial charge is 0.175 e. The van der Waals surface area contributed by atoms with Gasteiger partial charge >= 0.3 is 0 Å². The number of nitrogens with two attached hydrogens (primary N) is 1. The van der Waals surface area contributed by atoms with Crippen molar-refractivity contribution in [3.63, 3.8) is 0 Å². The van der Waals surface area contributed by atoms with E-state index in [-0.39, 0.29) is 6.04 Å². The van der Waals surface area contributed by atoms with Crippen LogP contribution in [0.5, 0.6) is 0 Å². The number of hydrogen-bond acceptors (Lipinski definition) is 4. The van der Waals surface area contributed by atoms with E-state index in [1.165, 1.54) is 6.26 Å². The number of aryl methyl sites for hydroxylation is 2. The Hall–Kier alpha value is -1.66. The minimum Gasteiger partial charge on any atom is -0.324 e. The van der Waals surface area contributed by atoms with E-state index in [2.05, 4.69) is 5.10 Å². The molecule has 1 aromatic carbocycles. The highest BCUT2D eigenvalue weighted by Gasteiger charge is 2.12. The van der Waals surface area contributed by atoms with Gasteiger partial charge in [0.05, 0.1) is 11.1 Å². The molecule has 2 rings (SSSR count). The van der Waals surface area contributed by atoms with Gasteiger partial charge in [-0.05, 0) is 36.1 Å². The molecule has 0 bridgehead atoms. The Kier molecular flexibility index (Phi) is 4.25. The summed E-state index contributed by atoms with van der Waals surface area (Å²) in [6, 6.07) is 6.66. The van der Waals surface area contributed by atoms with Crippen molar-refractivity contribution in [1.29, 1.82) is 0 Å². The quantitative estimate of drug-likeness (QED) is 0.905. The highest BCUT2D eigenvalue weighted by atomic mass is 32.2. The molecule has 1 unspecified atom stereocenters. The molecule has 0 fully saturated rings. The predicted molar refractivity (Wildman–Crippen MR) is 78.0 cm³/mol. The molecule has 0 radical (unpaired) electrons. The summed E-state index contributed by atoms with van der Waals surface area (Å²) < 4.78 is 24.8. The molecule has 5 nitrogen and oxygen atoms in total. The topological polar surface area (TPSA) is 78.0 Å². The van der Waals surface area contributed by atoms with Gasteiger partial charge in [0.1, 0.15) is 0 Å². The SMILES string of the molecule is Cn1cc(CCC(N)c2cccc(S(C)(=O)=O)c2)cn1. The van der Waals surface area contributed by atoms with Crippen molar-refractivity contribution in [2.24, 2.45) is 12.8 Å². The summed E-state index contributed by atoms with van der Waals surface area (Å²) in [5.41, 5.74) is 8.11. The molecule has 0 aliphatic carbocycles. The monoisotopic (exact) mass is 293 g/mol. The highest BCUT2D eigenvalue weighted by molar-refractivity contribution is 7.90. The maximum absolute atomic E-state index is 11.5. The van der Waals surface area contributed by atoms with Crippen LogP contribution in [0.15, 0.2) is 41.6 Å². The van der Waals surface area contributed by atoms with Crippen molar-refractivity contribution >= 4 is 9.84 Å². The summed E-state index contributed by atoms with van der Waals surface area (Å²) >= 11 is 0. The fourth-order valence-electron chi connectivity index (χ4n) is 2.07. The molecule has 1 heterocycles. The lowest BCUT2D eigenvalue weighted by Gasteiger charge is -2.12. The van der Waals surface area contributed by atoms with Gasteiger partial charge < -0.3 is 5.73 Å². The lowest BCUT2D eigenvalue weighted by molar-refractivity contribution is 0.601. The molecular formula is C14H19N3O2S. The van der Waals surface area contributed by atoms with Crippen molar-refractivity contribution in [1.82, 2.24) is 9.78 Å². The van der Waals surface area contributed by atoms with Gasteiger partial charge in [-0.25, -0.2) is 8.42 Å². The van der Waals surface area contributed by atoms with E-state index in [1.54, 1.807) is 22.9 Å². The molecule has 0 amide bonds. The first-order valence-electron chi connectivity index (χ1n) is 6.39. The van der Waals surface area contributed by atoms with Crippen LogP contribution in [0.3, 0.4) is 0 Å². The minimum atomic E-state index is -3.19. The average Bonchev–Trinajstić information content (AvgIpc) is 2.81. The first-order chi connectivity index (χ1) is 9.36. The Balaban J connectivity index is 2.07. The van der Waals surface area contributed by atoms with E-state index in [0.717, 1.165) is 24.0 Å². The largest absolute Gasteiger partial charge is 0.324 e. The molecule has 0 aliphatic heterocycles. The Bertz CT molecular complexity index is 692. The summed E-state index contributed by atoms with van der Waals surface area (Å²) in [5.74, 6) is 0. The summed E-state index contributed by atoms with van der Waals surface area (Å²) in [6.07, 6.45) is 6.55. The van der Waals surface area contributed by atoms with Gasteiger partial charge in [0.2, 0.25) is 0 Å². The molecule has 2 N–H and O–H groups in total. The van der Waals surface area contributed by atoms with Gasteiger partial charge in [-0.15, -0.1) is 0 Å². The van der Waals surface area contributed by atoms with Gasteiger partial charge in [0.25, 0.3) is 0 Å². The Labute approximate surface area is 119 Å². The molecule has 0 aliphatic rings. The fraction of sp³-hybridized carbons (Fsp3) is 0.357. The molecule has 1 aromatic heterocycles. The number of benzene rings is 1. The predicted octanol–water partition coefficient (Wildman–Crippen LogP) is 1.46. The van der Waals surface area contributed by atoms with Crippen LogP contribution in [0.2, 0.25) is 0 Å². The maximum Gasteiger partial charge on any atom is 0.175 e. The fourth-order valence-corrected chi connectivity index (χ4v) is 2.74. The number of hydrogen-bond donors (Lipinski definition) is 1. The van der Waals surface area contributed by atoms with Crippen LogP contribution in [-0.4, -0.2) is 24.5 Å². The zero-order valence-corrected chi connectivity index (χ0v) is 12.5. The molecule has 1 atom stereocenters. The second-order valence-corrected chi connectivity index (χ2v) is 7.03. The molecule has 0 spiro atoms. The lowest BCUT2D eigenvalue weighted by atomic mass is 10.0. The third-order valence-corrected chi connectivity index (χ3v) is 4.33. The summed E-state index contributed by atoms with van der Waals surface area (Å²) in [4.78, 5) is 0.312. The van der Waals surface area contributed by atoms with Crippen LogP contribution in [0.25, 0.3) is 0 Å². The first kappa shape index (κ1) is 14.7. The standard InChI is InChI=1S/C14H19N3O2S/c1-17-10-11(9-16-17)6-7-14(15)12-4-3-5-13(8-12)20(2,18)19/h3-5,8-10,14H,6-7,15H2,1-2H3. The maximum atomic E-state index is 11.5. The van der Waals surface area contributed by atoms with Crippen LogP contribution in [0, 0.1) is 0 Å². The summed E-state index contributed by atoms with van der Waals surface area (Å²) in [7, 11) is -1.32. The summed E-state index contributed by atoms with van der Waals surface area (Å²) in [5, 5.41) is 4.11. The van der Waals surface area contributed by atoms with E-state index < -0.39 is 9.84 Å². The van der Waals surface area contributed by atoms with Crippen LogP contribution < -0.4 is 5.73 Å². The van der Waals surface area contributed by atoms with Gasteiger partial charge in [-0.1, -0.05) is 12.1 Å². The lowest BCUT2D eigenvalue weighted by Crippen LogP contribution is -2.12. The Morgan fingerprint density at radius 2 is 2.15 bits per heavy atom. The minimum absolute atomic E-state index is 0.183. The van der Waals surface area contributed by atoms with Crippen LogP contribution in [0.4, 0.5) is 0 Å². The van der Waals surface area contributed by atoms with E-state index in [4.69, 9.17) is 5.73 Å². The van der Waals surface area contributed by atoms with Gasteiger partial charge in [0, 0.05) is 25.5 Å². The van der Waals surface area contributed by atoms with Gasteiger partial charge in [-0.2, -0.15) is 5.10 Å². The van der Waals surface area contributed by atoms with Crippen LogP contribution in [-0.2, 0) is 23.3 Å². The molecule has 108 valence electrons. The third-order valence-electron chi connectivity index (χ3n) is 3.22. The zero-order valence-electron chi connectivity index (χ0n) is 11.7. The van der Waals surface area contributed by atoms with E-state index in [1.807, 2.05) is 25.5 Å². The molecule has 20 heavy (non-hydrogen) atoms. The first-order valence-corrected chi connectivity index (χ1v) is 8.28. The van der Waals surface area contributed by atoms with Crippen LogP contribution >= 0.6 is 0 Å².